The zero-order chi connectivity index (χ0) is 24.7. The van der Waals surface area contributed by atoms with E-state index in [0.717, 1.165) is 4.83 Å². The Morgan fingerprint density at radius 3 is 2.80 bits per heavy atom. The zero-order valence-corrected chi connectivity index (χ0v) is 20.1. The van der Waals surface area contributed by atoms with Crippen molar-refractivity contribution in [3.05, 3.63) is 23.3 Å². The number of fused-ring (bicyclic) bond motifs is 1. The molecule has 2 fully saturated rings. The number of aromatic nitrogens is 4. The highest BCUT2D eigenvalue weighted by molar-refractivity contribution is 7.16. The quantitative estimate of drug-likeness (QED) is 0.547. The highest BCUT2D eigenvalue weighted by Gasteiger charge is 2.38. The molecule has 0 aliphatic carbocycles. The molecule has 2 saturated heterocycles. The summed E-state index contributed by atoms with van der Waals surface area (Å²) in [7, 11) is 0. The fourth-order valence-corrected chi connectivity index (χ4v) is 4.98. The van der Waals surface area contributed by atoms with Crippen LogP contribution in [0.2, 0.25) is 0 Å². The summed E-state index contributed by atoms with van der Waals surface area (Å²) in [6.45, 7) is 5.05. The number of halogens is 2. The van der Waals surface area contributed by atoms with Crippen LogP contribution in [0.4, 0.5) is 36.8 Å². The van der Waals surface area contributed by atoms with Crippen molar-refractivity contribution in [3.63, 3.8) is 0 Å². The summed E-state index contributed by atoms with van der Waals surface area (Å²) in [5, 5.41) is 4.27. The fraction of sp³-hybridized carbons (Fsp3) is 0.476. The summed E-state index contributed by atoms with van der Waals surface area (Å²) in [6.07, 6.45) is -0.838. The standard InChI is InChI=1S/C21H25F2N9O2S/c1-12-9-31(7-8-32(12)17-16-18(35-11-25-16)29-19(24)28-17)34-20(33)27-14-3-4-15(26-13(14)2)30-6-5-21(22,23)10-30/h3-4,11-12H,5-10H2,1-2H3,(H,27,33)(H2,24,28,29)/t12-/m0/s1. The van der Waals surface area contributed by atoms with Crippen LogP contribution in [-0.4, -0.2) is 75.8 Å². The third-order valence-corrected chi connectivity index (χ3v) is 6.79. The monoisotopic (exact) mass is 505 g/mol. The first-order valence-electron chi connectivity index (χ1n) is 11.2. The number of anilines is 4. The highest BCUT2D eigenvalue weighted by Crippen LogP contribution is 2.31. The van der Waals surface area contributed by atoms with E-state index in [1.54, 1.807) is 34.5 Å². The van der Waals surface area contributed by atoms with E-state index in [2.05, 4.69) is 30.2 Å². The Labute approximate surface area is 203 Å². The normalized spacial score (nSPS) is 20.4. The van der Waals surface area contributed by atoms with Crippen molar-refractivity contribution in [3.8, 4) is 0 Å². The van der Waals surface area contributed by atoms with E-state index in [-0.39, 0.29) is 31.5 Å². The topological polar surface area (TPSA) is 126 Å². The first kappa shape index (κ1) is 23.4. The number of nitrogens with one attached hydrogen (secondary N) is 1. The lowest BCUT2D eigenvalue weighted by atomic mass is 10.2. The molecule has 2 aliphatic rings. The van der Waals surface area contributed by atoms with Gasteiger partial charge in [0.25, 0.3) is 5.92 Å². The van der Waals surface area contributed by atoms with Crippen molar-refractivity contribution >= 4 is 51.0 Å². The molecule has 0 spiro atoms. The van der Waals surface area contributed by atoms with Crippen molar-refractivity contribution in [2.75, 3.05) is 53.6 Å². The Morgan fingerprint density at radius 1 is 1.26 bits per heavy atom. The molecule has 3 N–H and O–H groups in total. The van der Waals surface area contributed by atoms with Gasteiger partial charge < -0.3 is 20.4 Å². The molecule has 0 bridgehead atoms. The van der Waals surface area contributed by atoms with E-state index in [0.29, 0.717) is 48.2 Å². The molecule has 0 aromatic carbocycles. The number of nitrogens with zero attached hydrogens (tertiary/aromatic N) is 7. The largest absolute Gasteiger partial charge is 0.430 e. The number of amides is 1. The predicted molar refractivity (Wildman–Crippen MR) is 129 cm³/mol. The summed E-state index contributed by atoms with van der Waals surface area (Å²) in [5.41, 5.74) is 9.25. The van der Waals surface area contributed by atoms with Gasteiger partial charge in [-0.05, 0) is 26.0 Å². The van der Waals surface area contributed by atoms with E-state index in [9.17, 15) is 13.6 Å². The van der Waals surface area contributed by atoms with E-state index >= 15 is 0 Å². The van der Waals surface area contributed by atoms with Crippen molar-refractivity contribution in [2.24, 2.45) is 0 Å². The maximum Gasteiger partial charge on any atom is 0.430 e. The number of alkyl halides is 2. The van der Waals surface area contributed by atoms with Gasteiger partial charge in [-0.3, -0.25) is 5.32 Å². The van der Waals surface area contributed by atoms with Crippen LogP contribution in [0.5, 0.6) is 0 Å². The lowest BCUT2D eigenvalue weighted by Crippen LogP contribution is -2.53. The Bertz CT molecular complexity index is 1260. The van der Waals surface area contributed by atoms with Crippen LogP contribution in [0.1, 0.15) is 19.0 Å². The molecule has 186 valence electrons. The van der Waals surface area contributed by atoms with E-state index in [1.165, 1.54) is 11.3 Å². The number of piperazine rings is 1. The number of nitrogen functional groups attached to an aromatic ring is 1. The highest BCUT2D eigenvalue weighted by atomic mass is 32.1. The SMILES string of the molecule is Cc1nc(N2CCC(F)(F)C2)ccc1NC(=O)ON1CCN(c2nc(N)nc3scnc23)[C@@H](C)C1. The van der Waals surface area contributed by atoms with Gasteiger partial charge in [0.05, 0.1) is 36.5 Å². The number of nitrogens with two attached hydrogens (primary N) is 1. The van der Waals surface area contributed by atoms with E-state index < -0.39 is 12.0 Å². The summed E-state index contributed by atoms with van der Waals surface area (Å²) in [4.78, 5) is 39.7. The Hall–Kier alpha value is -3.39. The van der Waals surface area contributed by atoms with Crippen LogP contribution in [0.15, 0.2) is 17.6 Å². The molecule has 1 amide bonds. The molecule has 0 unspecified atom stereocenters. The summed E-state index contributed by atoms with van der Waals surface area (Å²) in [6, 6.07) is 3.24. The number of carbonyl (C=O) groups is 1. The predicted octanol–water partition coefficient (Wildman–Crippen LogP) is 2.89. The molecular weight excluding hydrogens is 480 g/mol. The van der Waals surface area contributed by atoms with Gasteiger partial charge in [-0.25, -0.2) is 28.5 Å². The Morgan fingerprint density at radius 2 is 2.09 bits per heavy atom. The van der Waals surface area contributed by atoms with Crippen molar-refractivity contribution in [1.82, 2.24) is 25.0 Å². The zero-order valence-electron chi connectivity index (χ0n) is 19.2. The molecule has 5 heterocycles. The Kier molecular flexibility index (Phi) is 6.01. The van der Waals surface area contributed by atoms with Crippen molar-refractivity contribution in [2.45, 2.75) is 32.2 Å². The first-order chi connectivity index (χ1) is 16.7. The molecule has 14 heteroatoms. The molecule has 35 heavy (non-hydrogen) atoms. The van der Waals surface area contributed by atoms with Crippen LogP contribution >= 0.6 is 11.3 Å². The molecule has 3 aromatic heterocycles. The van der Waals surface area contributed by atoms with Gasteiger partial charge in [0, 0.05) is 25.6 Å². The molecular formula is C21H25F2N9O2S. The molecule has 5 rings (SSSR count). The van der Waals surface area contributed by atoms with E-state index in [1.807, 2.05) is 6.92 Å². The van der Waals surface area contributed by atoms with Crippen molar-refractivity contribution < 1.29 is 18.4 Å². The average molecular weight is 506 g/mol. The number of hydroxylamine groups is 2. The first-order valence-corrected chi connectivity index (χ1v) is 12.0. The third kappa shape index (κ3) is 4.89. The third-order valence-electron chi connectivity index (χ3n) is 6.07. The van der Waals surface area contributed by atoms with Gasteiger partial charge in [0.1, 0.15) is 11.3 Å². The van der Waals surface area contributed by atoms with Crippen LogP contribution in [0.3, 0.4) is 0 Å². The van der Waals surface area contributed by atoms with Gasteiger partial charge in [-0.1, -0.05) is 0 Å². The maximum absolute atomic E-state index is 13.5. The van der Waals surface area contributed by atoms with E-state index in [4.69, 9.17) is 10.6 Å². The average Bonchev–Trinajstić information content (AvgIpc) is 3.40. The van der Waals surface area contributed by atoms with Crippen LogP contribution in [-0.2, 0) is 4.84 Å². The number of thiazole rings is 1. The number of hydrogen-bond acceptors (Lipinski definition) is 11. The van der Waals surface area contributed by atoms with Gasteiger partial charge in [-0.2, -0.15) is 4.98 Å². The second-order valence-electron chi connectivity index (χ2n) is 8.68. The number of rotatable bonds is 4. The summed E-state index contributed by atoms with van der Waals surface area (Å²) >= 11 is 1.40. The minimum atomic E-state index is -2.70. The van der Waals surface area contributed by atoms with Gasteiger partial charge in [0.2, 0.25) is 5.95 Å². The summed E-state index contributed by atoms with van der Waals surface area (Å²) in [5.74, 6) is -1.38. The fourth-order valence-electron chi connectivity index (χ4n) is 4.32. The molecule has 1 atom stereocenters. The number of carbonyl (C=O) groups excluding carboxylic acids is 1. The van der Waals surface area contributed by atoms with Gasteiger partial charge >= 0.3 is 6.09 Å². The number of pyridine rings is 1. The Balaban J connectivity index is 1.19. The van der Waals surface area contributed by atoms with Crippen LogP contribution in [0, 0.1) is 6.92 Å². The summed E-state index contributed by atoms with van der Waals surface area (Å²) < 4.78 is 27.0. The molecule has 0 saturated carbocycles. The number of aryl methyl sites for hydroxylation is 1. The maximum atomic E-state index is 13.5. The lowest BCUT2D eigenvalue weighted by molar-refractivity contribution is -0.103. The van der Waals surface area contributed by atoms with Crippen LogP contribution < -0.4 is 20.9 Å². The van der Waals surface area contributed by atoms with Crippen LogP contribution in [0.25, 0.3) is 10.3 Å². The van der Waals surface area contributed by atoms with Gasteiger partial charge in [-0.15, -0.1) is 16.4 Å². The molecule has 3 aromatic rings. The minimum absolute atomic E-state index is 0.0305. The smallest absolute Gasteiger partial charge is 0.368 e. The second-order valence-corrected chi connectivity index (χ2v) is 9.51. The van der Waals surface area contributed by atoms with Crippen molar-refractivity contribution in [1.29, 1.82) is 0 Å². The number of hydrogen-bond donors (Lipinski definition) is 2. The molecule has 2 aliphatic heterocycles. The minimum Gasteiger partial charge on any atom is -0.368 e. The molecule has 0 radical (unpaired) electrons. The van der Waals surface area contributed by atoms with Gasteiger partial charge in [0.15, 0.2) is 10.6 Å². The molecule has 11 nitrogen and oxygen atoms in total. The second kappa shape index (κ2) is 9.00. The lowest BCUT2D eigenvalue weighted by Gasteiger charge is -2.39.